The summed E-state index contributed by atoms with van der Waals surface area (Å²) in [5.41, 5.74) is 4.42. The molecule has 10 nitrogen and oxygen atoms in total. The Hall–Kier alpha value is -4.28. The largest absolute Gasteiger partial charge is 0.496 e. The molecule has 2 saturated heterocycles. The van der Waals surface area contributed by atoms with E-state index in [0.717, 1.165) is 67.1 Å². The monoisotopic (exact) mass is 612 g/mol. The summed E-state index contributed by atoms with van der Waals surface area (Å²) in [5, 5.41) is 9.53. The van der Waals surface area contributed by atoms with Gasteiger partial charge >= 0.3 is 5.97 Å². The normalized spacial score (nSPS) is 17.4. The zero-order valence-electron chi connectivity index (χ0n) is 26.1. The van der Waals surface area contributed by atoms with Crippen molar-refractivity contribution in [2.24, 2.45) is 5.92 Å². The number of ether oxygens (including phenoxy) is 3. The maximum absolute atomic E-state index is 12.4. The smallest absolute Gasteiger partial charge is 0.335 e. The first kappa shape index (κ1) is 30.7. The van der Waals surface area contributed by atoms with Crippen LogP contribution in [0.25, 0.3) is 11.0 Å². The number of likely N-dealkylation sites (tertiary alicyclic amines) is 1. The third-order valence-corrected chi connectivity index (χ3v) is 8.84. The quantitative estimate of drug-likeness (QED) is 0.200. The third-order valence-electron chi connectivity index (χ3n) is 8.84. The summed E-state index contributed by atoms with van der Waals surface area (Å²) in [6.45, 7) is 8.00. The molecule has 6 rings (SSSR count). The van der Waals surface area contributed by atoms with Crippen molar-refractivity contribution in [1.29, 1.82) is 0 Å². The SMILES string of the molecule is COc1cc(C(=O)C(C)C)ccc1COc1cccc(C2CCN(Cc3nc4ccc(C(=O)O)cc4n3CC3CCO3)CC2)n1. The van der Waals surface area contributed by atoms with E-state index < -0.39 is 5.97 Å². The molecule has 1 atom stereocenters. The first-order valence-corrected chi connectivity index (χ1v) is 15.7. The molecule has 0 aliphatic carbocycles. The molecular formula is C35H40N4O6. The van der Waals surface area contributed by atoms with Crippen molar-refractivity contribution >= 4 is 22.8 Å². The number of nitrogens with zero attached hydrogens (tertiary/aromatic N) is 4. The highest BCUT2D eigenvalue weighted by Gasteiger charge is 2.26. The van der Waals surface area contributed by atoms with Crippen LogP contribution in [0.2, 0.25) is 0 Å². The van der Waals surface area contributed by atoms with Crippen LogP contribution in [0, 0.1) is 5.92 Å². The van der Waals surface area contributed by atoms with Gasteiger partial charge in [0, 0.05) is 41.3 Å². The fraction of sp³-hybridized carbons (Fsp3) is 0.429. The minimum Gasteiger partial charge on any atom is -0.496 e. The van der Waals surface area contributed by atoms with E-state index in [4.69, 9.17) is 24.2 Å². The molecule has 2 aromatic carbocycles. The molecule has 4 aromatic rings. The van der Waals surface area contributed by atoms with Crippen LogP contribution in [-0.4, -0.2) is 69.2 Å². The molecule has 4 heterocycles. The molecule has 0 bridgehead atoms. The zero-order valence-corrected chi connectivity index (χ0v) is 26.1. The lowest BCUT2D eigenvalue weighted by Crippen LogP contribution is -2.35. The van der Waals surface area contributed by atoms with Gasteiger partial charge in [-0.2, -0.15) is 0 Å². The molecule has 236 valence electrons. The molecule has 2 fully saturated rings. The third kappa shape index (κ3) is 6.87. The second-order valence-corrected chi connectivity index (χ2v) is 12.2. The summed E-state index contributed by atoms with van der Waals surface area (Å²) in [5.74, 6) is 1.50. The highest BCUT2D eigenvalue weighted by molar-refractivity contribution is 5.97. The molecule has 1 unspecified atom stereocenters. The molecule has 45 heavy (non-hydrogen) atoms. The average molecular weight is 613 g/mol. The number of pyridine rings is 1. The van der Waals surface area contributed by atoms with Gasteiger partial charge < -0.3 is 23.9 Å². The number of Topliss-reactive ketones (excluding diaryl/α,β-unsaturated/α-hetero) is 1. The number of carboxylic acid groups (broad SMARTS) is 1. The molecular weight excluding hydrogens is 572 g/mol. The number of carbonyl (C=O) groups excluding carboxylic acids is 1. The number of piperidine rings is 1. The van der Waals surface area contributed by atoms with Crippen molar-refractivity contribution in [2.45, 2.75) is 64.8 Å². The van der Waals surface area contributed by atoms with Crippen molar-refractivity contribution in [3.63, 3.8) is 0 Å². The van der Waals surface area contributed by atoms with Crippen LogP contribution in [0.4, 0.5) is 0 Å². The van der Waals surface area contributed by atoms with Crippen molar-refractivity contribution in [3.05, 3.63) is 82.8 Å². The number of rotatable bonds is 12. The van der Waals surface area contributed by atoms with E-state index in [1.54, 1.807) is 31.4 Å². The molecule has 0 saturated carbocycles. The number of carboxylic acids is 1. The Morgan fingerprint density at radius 1 is 1.02 bits per heavy atom. The Bertz CT molecular complexity index is 1690. The van der Waals surface area contributed by atoms with Gasteiger partial charge in [-0.1, -0.05) is 32.0 Å². The fourth-order valence-corrected chi connectivity index (χ4v) is 6.09. The highest BCUT2D eigenvalue weighted by Crippen LogP contribution is 2.30. The number of methoxy groups -OCH3 is 1. The summed E-state index contributed by atoms with van der Waals surface area (Å²) in [4.78, 5) is 36.2. The van der Waals surface area contributed by atoms with Gasteiger partial charge in [0.25, 0.3) is 0 Å². The van der Waals surface area contributed by atoms with Crippen LogP contribution in [0.3, 0.4) is 0 Å². The molecule has 2 aromatic heterocycles. The van der Waals surface area contributed by atoms with Gasteiger partial charge in [0.15, 0.2) is 5.78 Å². The minimum atomic E-state index is -0.940. The second kappa shape index (κ2) is 13.4. The van der Waals surface area contributed by atoms with E-state index in [-0.39, 0.29) is 30.0 Å². The van der Waals surface area contributed by atoms with Crippen molar-refractivity contribution in [1.82, 2.24) is 19.4 Å². The van der Waals surface area contributed by atoms with Gasteiger partial charge in [0.2, 0.25) is 5.88 Å². The van der Waals surface area contributed by atoms with E-state index >= 15 is 0 Å². The first-order chi connectivity index (χ1) is 21.8. The van der Waals surface area contributed by atoms with E-state index in [2.05, 4.69) is 15.5 Å². The van der Waals surface area contributed by atoms with Gasteiger partial charge in [-0.25, -0.2) is 14.8 Å². The average Bonchev–Trinajstić information content (AvgIpc) is 3.37. The molecule has 2 aliphatic heterocycles. The van der Waals surface area contributed by atoms with Crippen molar-refractivity contribution < 1.29 is 28.9 Å². The summed E-state index contributed by atoms with van der Waals surface area (Å²) in [6.07, 6.45) is 3.06. The van der Waals surface area contributed by atoms with E-state index in [1.807, 2.05) is 38.1 Å². The van der Waals surface area contributed by atoms with Crippen molar-refractivity contribution in [2.75, 3.05) is 26.8 Å². The first-order valence-electron chi connectivity index (χ1n) is 15.7. The standard InChI is InChI=1S/C35H40N4O6/c1-22(2)34(40)24-7-8-26(31(18-24)43-3)21-45-33-6-4-5-28(37-33)23-11-14-38(15-12-23)20-32-36-29-10-9-25(35(41)42)17-30(29)39(32)19-27-13-16-44-27/h4-10,17-18,22-23,27H,11-16,19-21H2,1-3H3,(H,41,42). The van der Waals surface area contributed by atoms with Gasteiger partial charge in [0.05, 0.1) is 42.9 Å². The maximum Gasteiger partial charge on any atom is 0.335 e. The molecule has 0 amide bonds. The Morgan fingerprint density at radius 3 is 2.49 bits per heavy atom. The van der Waals surface area contributed by atoms with Crippen LogP contribution in [-0.2, 0) is 24.4 Å². The molecule has 2 aliphatic rings. The number of benzene rings is 2. The molecule has 0 spiro atoms. The number of aromatic nitrogens is 3. The van der Waals surface area contributed by atoms with E-state index in [1.165, 1.54) is 0 Å². The molecule has 0 radical (unpaired) electrons. The number of imidazole rings is 1. The maximum atomic E-state index is 12.4. The molecule has 1 N–H and O–H groups in total. The Morgan fingerprint density at radius 2 is 1.80 bits per heavy atom. The van der Waals surface area contributed by atoms with Crippen LogP contribution >= 0.6 is 0 Å². The number of aromatic carboxylic acids is 1. The highest BCUT2D eigenvalue weighted by atomic mass is 16.5. The van der Waals surface area contributed by atoms with Gasteiger partial charge in [-0.05, 0) is 62.7 Å². The lowest BCUT2D eigenvalue weighted by molar-refractivity contribution is -0.0592. The van der Waals surface area contributed by atoms with E-state index in [0.29, 0.717) is 36.2 Å². The summed E-state index contributed by atoms with van der Waals surface area (Å²) in [6, 6.07) is 16.5. The Balaban J connectivity index is 1.09. The second-order valence-electron chi connectivity index (χ2n) is 12.2. The Labute approximate surface area is 262 Å². The van der Waals surface area contributed by atoms with Crippen LogP contribution in [0.15, 0.2) is 54.6 Å². The van der Waals surface area contributed by atoms with E-state index in [9.17, 15) is 14.7 Å². The van der Waals surface area contributed by atoms with Crippen molar-refractivity contribution in [3.8, 4) is 11.6 Å². The van der Waals surface area contributed by atoms with Crippen LogP contribution < -0.4 is 9.47 Å². The van der Waals surface area contributed by atoms with Gasteiger partial charge in [-0.15, -0.1) is 0 Å². The zero-order chi connectivity index (χ0) is 31.5. The van der Waals surface area contributed by atoms with Crippen LogP contribution in [0.1, 0.15) is 76.8 Å². The number of hydrogen-bond acceptors (Lipinski definition) is 8. The number of carbonyl (C=O) groups is 2. The number of hydrogen-bond donors (Lipinski definition) is 1. The summed E-state index contributed by atoms with van der Waals surface area (Å²) >= 11 is 0. The van der Waals surface area contributed by atoms with Crippen LogP contribution in [0.5, 0.6) is 11.6 Å². The summed E-state index contributed by atoms with van der Waals surface area (Å²) < 4.78 is 19.5. The molecule has 10 heteroatoms. The predicted octanol–water partition coefficient (Wildman–Crippen LogP) is 5.72. The van der Waals surface area contributed by atoms with Gasteiger partial charge in [-0.3, -0.25) is 9.69 Å². The number of fused-ring (bicyclic) bond motifs is 1. The summed E-state index contributed by atoms with van der Waals surface area (Å²) in [7, 11) is 1.60. The fourth-order valence-electron chi connectivity index (χ4n) is 6.09. The lowest BCUT2D eigenvalue weighted by atomic mass is 9.93. The number of ketones is 1. The topological polar surface area (TPSA) is 116 Å². The lowest BCUT2D eigenvalue weighted by Gasteiger charge is -2.32. The predicted molar refractivity (Wildman–Crippen MR) is 169 cm³/mol. The minimum absolute atomic E-state index is 0.0810. The Kier molecular flexibility index (Phi) is 9.14. The van der Waals surface area contributed by atoms with Gasteiger partial charge in [0.1, 0.15) is 18.2 Å².